The normalized spacial score (nSPS) is 13.3. The van der Waals surface area contributed by atoms with Crippen LogP contribution in [0.4, 0.5) is 17.1 Å². The Morgan fingerprint density at radius 2 is 2.10 bits per heavy atom. The zero-order valence-electron chi connectivity index (χ0n) is 11.2. The Bertz CT molecular complexity index is 703. The van der Waals surface area contributed by atoms with E-state index in [-0.39, 0.29) is 0 Å². The van der Waals surface area contributed by atoms with Crippen LogP contribution in [-0.4, -0.2) is 13.1 Å². The predicted molar refractivity (Wildman–Crippen MR) is 85.5 cm³/mol. The molecule has 0 saturated heterocycles. The van der Waals surface area contributed by atoms with Gasteiger partial charge in [0.15, 0.2) is 0 Å². The van der Waals surface area contributed by atoms with Crippen molar-refractivity contribution in [2.75, 3.05) is 23.3 Å². The lowest BCUT2D eigenvalue weighted by Gasteiger charge is -2.32. The van der Waals surface area contributed by atoms with Gasteiger partial charge >= 0.3 is 0 Å². The topological polar surface area (TPSA) is 39.1 Å². The summed E-state index contributed by atoms with van der Waals surface area (Å²) in [5, 5.41) is 12.4. The summed E-state index contributed by atoms with van der Waals surface area (Å²) in [6.45, 7) is 3.86. The molecular formula is C16H14BrN3. The molecule has 0 unspecified atom stereocenters. The highest BCUT2D eigenvalue weighted by atomic mass is 79.9. The molecule has 3 nitrogen and oxygen atoms in total. The molecule has 0 bridgehead atoms. The van der Waals surface area contributed by atoms with Gasteiger partial charge in [0.1, 0.15) is 0 Å². The first-order chi connectivity index (χ1) is 9.69. The number of halogens is 1. The number of nitrogens with zero attached hydrogens (tertiary/aromatic N) is 2. The van der Waals surface area contributed by atoms with Crippen LogP contribution >= 0.6 is 15.9 Å². The van der Waals surface area contributed by atoms with Crippen molar-refractivity contribution in [3.63, 3.8) is 0 Å². The van der Waals surface area contributed by atoms with Crippen molar-refractivity contribution in [2.24, 2.45) is 0 Å². The number of rotatable bonds is 1. The van der Waals surface area contributed by atoms with E-state index in [1.54, 1.807) is 0 Å². The van der Waals surface area contributed by atoms with Crippen molar-refractivity contribution >= 4 is 33.0 Å². The Morgan fingerprint density at radius 3 is 2.85 bits per heavy atom. The quantitative estimate of drug-likeness (QED) is 0.853. The lowest BCUT2D eigenvalue weighted by molar-refractivity contribution is 0.925. The third kappa shape index (κ3) is 2.25. The Balaban J connectivity index is 2.05. The molecule has 1 heterocycles. The van der Waals surface area contributed by atoms with Crippen molar-refractivity contribution in [1.29, 1.82) is 5.26 Å². The highest BCUT2D eigenvalue weighted by Gasteiger charge is 2.18. The molecule has 20 heavy (non-hydrogen) atoms. The van der Waals surface area contributed by atoms with Gasteiger partial charge in [0, 0.05) is 23.2 Å². The van der Waals surface area contributed by atoms with Gasteiger partial charge in [-0.25, -0.2) is 0 Å². The molecule has 1 N–H and O–H groups in total. The lowest BCUT2D eigenvalue weighted by Crippen LogP contribution is -2.30. The van der Waals surface area contributed by atoms with E-state index in [0.29, 0.717) is 5.56 Å². The van der Waals surface area contributed by atoms with Crippen LogP contribution in [0.25, 0.3) is 0 Å². The molecule has 0 radical (unpaired) electrons. The fourth-order valence-electron chi connectivity index (χ4n) is 2.42. The summed E-state index contributed by atoms with van der Waals surface area (Å²) in [7, 11) is 0. The van der Waals surface area contributed by atoms with Gasteiger partial charge in [-0.1, -0.05) is 22.0 Å². The van der Waals surface area contributed by atoms with E-state index < -0.39 is 0 Å². The van der Waals surface area contributed by atoms with Gasteiger partial charge in [0.2, 0.25) is 0 Å². The van der Waals surface area contributed by atoms with Crippen LogP contribution in [0.5, 0.6) is 0 Å². The predicted octanol–water partition coefficient (Wildman–Crippen LogP) is 4.19. The first kappa shape index (κ1) is 13.0. The molecule has 0 aromatic heterocycles. The summed E-state index contributed by atoms with van der Waals surface area (Å²) in [6, 6.07) is 14.4. The smallest absolute Gasteiger partial charge is 0.0992 e. The van der Waals surface area contributed by atoms with Crippen LogP contribution in [0.15, 0.2) is 40.9 Å². The van der Waals surface area contributed by atoms with Crippen molar-refractivity contribution in [3.8, 4) is 6.07 Å². The number of hydrogen-bond donors (Lipinski definition) is 1. The Hall–Kier alpha value is -1.99. The van der Waals surface area contributed by atoms with Crippen LogP contribution in [0.2, 0.25) is 0 Å². The first-order valence-corrected chi connectivity index (χ1v) is 7.30. The number of nitrogens with one attached hydrogen (secondary N) is 1. The number of hydrogen-bond acceptors (Lipinski definition) is 3. The standard InChI is InChI=1S/C16H14BrN3/c1-11-2-4-13(9-14(11)17)20-7-6-19-15-8-12(10-18)3-5-16(15)20/h2-5,8-9,19H,6-7H2,1H3. The molecule has 0 spiro atoms. The molecule has 0 saturated carbocycles. The van der Waals surface area contributed by atoms with Crippen LogP contribution in [-0.2, 0) is 0 Å². The third-order valence-corrected chi connectivity index (χ3v) is 4.39. The maximum Gasteiger partial charge on any atom is 0.0992 e. The molecule has 1 aliphatic rings. The van der Waals surface area contributed by atoms with E-state index >= 15 is 0 Å². The first-order valence-electron chi connectivity index (χ1n) is 6.51. The Morgan fingerprint density at radius 1 is 1.25 bits per heavy atom. The minimum Gasteiger partial charge on any atom is -0.382 e. The number of anilines is 3. The molecular weight excluding hydrogens is 314 g/mol. The summed E-state index contributed by atoms with van der Waals surface area (Å²) in [6.07, 6.45) is 0. The summed E-state index contributed by atoms with van der Waals surface area (Å²) < 4.78 is 1.11. The summed E-state index contributed by atoms with van der Waals surface area (Å²) in [4.78, 5) is 2.27. The van der Waals surface area contributed by atoms with Gasteiger partial charge in [-0.3, -0.25) is 0 Å². The zero-order chi connectivity index (χ0) is 14.1. The molecule has 0 amide bonds. The van der Waals surface area contributed by atoms with Crippen molar-refractivity contribution < 1.29 is 0 Å². The minimum absolute atomic E-state index is 0.684. The average molecular weight is 328 g/mol. The van der Waals surface area contributed by atoms with E-state index in [9.17, 15) is 0 Å². The lowest BCUT2D eigenvalue weighted by atomic mass is 10.1. The maximum absolute atomic E-state index is 8.99. The second-order valence-corrected chi connectivity index (χ2v) is 5.71. The second kappa shape index (κ2) is 5.18. The van der Waals surface area contributed by atoms with Crippen LogP contribution < -0.4 is 10.2 Å². The van der Waals surface area contributed by atoms with Crippen molar-refractivity contribution in [1.82, 2.24) is 0 Å². The van der Waals surface area contributed by atoms with Gasteiger partial charge in [-0.15, -0.1) is 0 Å². The summed E-state index contributed by atoms with van der Waals surface area (Å²) >= 11 is 3.59. The van der Waals surface area contributed by atoms with Crippen LogP contribution in [0.1, 0.15) is 11.1 Å². The van der Waals surface area contributed by atoms with Gasteiger partial charge in [-0.05, 0) is 42.8 Å². The molecule has 4 heteroatoms. The third-order valence-electron chi connectivity index (χ3n) is 3.53. The zero-order valence-corrected chi connectivity index (χ0v) is 12.7. The average Bonchev–Trinajstić information content (AvgIpc) is 2.49. The van der Waals surface area contributed by atoms with Crippen LogP contribution in [0.3, 0.4) is 0 Å². The number of aryl methyl sites for hydroxylation is 1. The maximum atomic E-state index is 8.99. The van der Waals surface area contributed by atoms with Crippen LogP contribution in [0, 0.1) is 18.3 Å². The largest absolute Gasteiger partial charge is 0.382 e. The summed E-state index contributed by atoms with van der Waals surface area (Å²) in [5.41, 5.74) is 5.21. The SMILES string of the molecule is Cc1ccc(N2CCNc3cc(C#N)ccc32)cc1Br. The number of nitriles is 1. The van der Waals surface area contributed by atoms with Crippen molar-refractivity contribution in [2.45, 2.75) is 6.92 Å². The summed E-state index contributed by atoms with van der Waals surface area (Å²) in [5.74, 6) is 0. The van der Waals surface area contributed by atoms with Gasteiger partial charge < -0.3 is 10.2 Å². The molecule has 3 rings (SSSR count). The van der Waals surface area contributed by atoms with Gasteiger partial charge in [-0.2, -0.15) is 5.26 Å². The van der Waals surface area contributed by atoms with Gasteiger partial charge in [0.05, 0.1) is 23.0 Å². The second-order valence-electron chi connectivity index (χ2n) is 4.86. The molecule has 0 aliphatic carbocycles. The molecule has 2 aromatic rings. The highest BCUT2D eigenvalue weighted by molar-refractivity contribution is 9.10. The molecule has 0 atom stereocenters. The van der Waals surface area contributed by atoms with Gasteiger partial charge in [0.25, 0.3) is 0 Å². The van der Waals surface area contributed by atoms with E-state index in [2.05, 4.69) is 57.3 Å². The molecule has 0 fully saturated rings. The fourth-order valence-corrected chi connectivity index (χ4v) is 2.79. The molecule has 1 aliphatic heterocycles. The van der Waals surface area contributed by atoms with E-state index in [0.717, 1.165) is 34.6 Å². The van der Waals surface area contributed by atoms with E-state index in [4.69, 9.17) is 5.26 Å². The number of fused-ring (bicyclic) bond motifs is 1. The monoisotopic (exact) mass is 327 g/mol. The Labute approximate surface area is 127 Å². The minimum atomic E-state index is 0.684. The number of benzene rings is 2. The highest BCUT2D eigenvalue weighted by Crippen LogP contribution is 2.36. The fraction of sp³-hybridized carbons (Fsp3) is 0.188. The van der Waals surface area contributed by atoms with E-state index in [1.807, 2.05) is 18.2 Å². The molecule has 100 valence electrons. The van der Waals surface area contributed by atoms with Crippen molar-refractivity contribution in [3.05, 3.63) is 52.0 Å². The molecule has 2 aromatic carbocycles. The van der Waals surface area contributed by atoms with E-state index in [1.165, 1.54) is 5.56 Å². The Kier molecular flexibility index (Phi) is 3.37.